The third kappa shape index (κ3) is 2.77. The maximum absolute atomic E-state index is 10.6. The average molecular weight is 242 g/mol. The molecule has 0 spiro atoms. The van der Waals surface area contributed by atoms with E-state index in [2.05, 4.69) is 0 Å². The Hall–Kier alpha value is -2.44. The number of hydrogen-bond acceptors (Lipinski definition) is 5. The summed E-state index contributed by atoms with van der Waals surface area (Å²) < 4.78 is 0. The fraction of sp³-hybridized carbons (Fsp3) is 0.200. The van der Waals surface area contributed by atoms with Crippen molar-refractivity contribution in [3.63, 3.8) is 0 Å². The molecule has 0 bridgehead atoms. The maximum Gasteiger partial charge on any atom is 0.318 e. The van der Waals surface area contributed by atoms with Crippen LogP contribution >= 0.6 is 0 Å². The number of phenols is 3. The van der Waals surface area contributed by atoms with Crippen molar-refractivity contribution in [2.24, 2.45) is 5.92 Å². The van der Waals surface area contributed by atoms with E-state index in [1.807, 2.05) is 0 Å². The highest BCUT2D eigenvalue weighted by atomic mass is 16.4. The molecule has 0 aliphatic rings. The Morgan fingerprint density at radius 3 is 1.88 bits per heavy atom. The van der Waals surface area contributed by atoms with Crippen LogP contribution < -0.4 is 0 Å². The first-order valence-electron chi connectivity index (χ1n) is 4.52. The van der Waals surface area contributed by atoms with E-state index in [1.165, 1.54) is 0 Å². The van der Waals surface area contributed by atoms with Crippen molar-refractivity contribution in [3.8, 4) is 17.2 Å². The highest BCUT2D eigenvalue weighted by Gasteiger charge is 2.27. The lowest BCUT2D eigenvalue weighted by Gasteiger charge is -2.10. The molecule has 5 N–H and O–H groups in total. The molecule has 0 radical (unpaired) electrons. The van der Waals surface area contributed by atoms with Crippen LogP contribution in [0.5, 0.6) is 17.2 Å². The van der Waals surface area contributed by atoms with Gasteiger partial charge in [-0.15, -0.1) is 0 Å². The van der Waals surface area contributed by atoms with E-state index in [0.717, 1.165) is 12.1 Å². The first-order chi connectivity index (χ1) is 7.82. The number of carboxylic acid groups (broad SMARTS) is 2. The van der Waals surface area contributed by atoms with Crippen molar-refractivity contribution in [1.29, 1.82) is 0 Å². The van der Waals surface area contributed by atoms with E-state index in [-0.39, 0.29) is 5.56 Å². The molecule has 7 nitrogen and oxygen atoms in total. The molecule has 0 aliphatic heterocycles. The molecule has 0 unspecified atom stereocenters. The van der Waals surface area contributed by atoms with Crippen molar-refractivity contribution in [2.45, 2.75) is 6.42 Å². The van der Waals surface area contributed by atoms with Gasteiger partial charge in [0.2, 0.25) is 0 Å². The molecular weight excluding hydrogens is 232 g/mol. The molecule has 0 saturated carbocycles. The van der Waals surface area contributed by atoms with Gasteiger partial charge in [-0.05, 0) is 11.6 Å². The van der Waals surface area contributed by atoms with Gasteiger partial charge in [-0.2, -0.15) is 0 Å². The van der Waals surface area contributed by atoms with Crippen molar-refractivity contribution >= 4 is 11.9 Å². The Morgan fingerprint density at radius 2 is 1.41 bits per heavy atom. The fourth-order valence-electron chi connectivity index (χ4n) is 1.27. The molecule has 92 valence electrons. The lowest BCUT2D eigenvalue weighted by molar-refractivity contribution is -0.154. The zero-order chi connectivity index (χ0) is 13.2. The Balaban J connectivity index is 3.05. The molecule has 0 atom stereocenters. The third-order valence-electron chi connectivity index (χ3n) is 2.20. The van der Waals surface area contributed by atoms with Crippen molar-refractivity contribution in [1.82, 2.24) is 0 Å². The van der Waals surface area contributed by atoms with E-state index in [1.54, 1.807) is 0 Å². The van der Waals surface area contributed by atoms with Crippen molar-refractivity contribution < 1.29 is 35.1 Å². The highest BCUT2D eigenvalue weighted by Crippen LogP contribution is 2.33. The lowest BCUT2D eigenvalue weighted by atomic mass is 9.98. The first kappa shape index (κ1) is 12.6. The molecule has 7 heteroatoms. The predicted molar refractivity (Wildman–Crippen MR) is 53.9 cm³/mol. The van der Waals surface area contributed by atoms with Crippen LogP contribution in [0.2, 0.25) is 0 Å². The quantitative estimate of drug-likeness (QED) is 0.287. The predicted octanol–water partition coefficient (Wildman–Crippen LogP) is 0.131. The summed E-state index contributed by atoms with van der Waals surface area (Å²) in [5, 5.41) is 44.9. The normalized spacial score (nSPS) is 10.4. The largest absolute Gasteiger partial charge is 0.508 e. The van der Waals surface area contributed by atoms with Gasteiger partial charge in [0.25, 0.3) is 0 Å². The molecule has 0 saturated heterocycles. The summed E-state index contributed by atoms with van der Waals surface area (Å²) in [5.74, 6) is -6.45. The zero-order valence-corrected chi connectivity index (χ0v) is 8.49. The SMILES string of the molecule is O=C(O)C(Cc1cc(O)c(O)cc1O)C(=O)O. The van der Waals surface area contributed by atoms with Crippen LogP contribution in [0.3, 0.4) is 0 Å². The van der Waals surface area contributed by atoms with Gasteiger partial charge in [-0.3, -0.25) is 9.59 Å². The van der Waals surface area contributed by atoms with Gasteiger partial charge in [0.05, 0.1) is 0 Å². The minimum Gasteiger partial charge on any atom is -0.508 e. The van der Waals surface area contributed by atoms with Gasteiger partial charge >= 0.3 is 11.9 Å². The second-order valence-electron chi connectivity index (χ2n) is 3.40. The molecule has 0 heterocycles. The molecule has 0 aliphatic carbocycles. The molecule has 0 amide bonds. The van der Waals surface area contributed by atoms with Gasteiger partial charge in [0.15, 0.2) is 17.4 Å². The second-order valence-corrected chi connectivity index (χ2v) is 3.40. The van der Waals surface area contributed by atoms with E-state index >= 15 is 0 Å². The van der Waals surface area contributed by atoms with Gasteiger partial charge in [-0.25, -0.2) is 0 Å². The van der Waals surface area contributed by atoms with Crippen LogP contribution in [0.15, 0.2) is 12.1 Å². The van der Waals surface area contributed by atoms with E-state index in [9.17, 15) is 14.7 Å². The van der Waals surface area contributed by atoms with Crippen LogP contribution in [0.25, 0.3) is 0 Å². The number of aromatic hydroxyl groups is 3. The summed E-state index contributed by atoms with van der Waals surface area (Å²) in [6.07, 6.45) is -0.496. The zero-order valence-electron chi connectivity index (χ0n) is 8.49. The standard InChI is InChI=1S/C10H10O7/c11-6-3-8(13)7(12)2-4(6)1-5(9(14)15)10(16)17/h2-3,5,11-13H,1H2,(H,14,15)(H,16,17). The Labute approximate surface area is 95.2 Å². The first-order valence-corrected chi connectivity index (χ1v) is 4.52. The van der Waals surface area contributed by atoms with E-state index < -0.39 is 41.5 Å². The number of rotatable bonds is 4. The van der Waals surface area contributed by atoms with Crippen LogP contribution in [-0.2, 0) is 16.0 Å². The van der Waals surface area contributed by atoms with Crippen LogP contribution in [0, 0.1) is 5.92 Å². The van der Waals surface area contributed by atoms with Gasteiger partial charge in [0, 0.05) is 12.5 Å². The Morgan fingerprint density at radius 1 is 0.941 bits per heavy atom. The molecule has 0 fully saturated rings. The van der Waals surface area contributed by atoms with Gasteiger partial charge in [-0.1, -0.05) is 0 Å². The summed E-state index contributed by atoms with van der Waals surface area (Å²) in [6.45, 7) is 0. The molecule has 0 aromatic heterocycles. The van der Waals surface area contributed by atoms with Crippen molar-refractivity contribution in [3.05, 3.63) is 17.7 Å². The molecule has 17 heavy (non-hydrogen) atoms. The molecule has 1 aromatic rings. The van der Waals surface area contributed by atoms with Gasteiger partial charge < -0.3 is 25.5 Å². The maximum atomic E-state index is 10.6. The van der Waals surface area contributed by atoms with Gasteiger partial charge in [0.1, 0.15) is 5.75 Å². The summed E-state index contributed by atoms with van der Waals surface area (Å²) in [6, 6.07) is 1.73. The number of carbonyl (C=O) groups is 2. The smallest absolute Gasteiger partial charge is 0.318 e. The number of carboxylic acids is 2. The number of benzene rings is 1. The minimum absolute atomic E-state index is 0.0740. The topological polar surface area (TPSA) is 135 Å². The molecule has 1 rings (SSSR count). The molecular formula is C10H10O7. The van der Waals surface area contributed by atoms with Crippen molar-refractivity contribution in [2.75, 3.05) is 0 Å². The average Bonchev–Trinajstić information content (AvgIpc) is 2.20. The summed E-state index contributed by atoms with van der Waals surface area (Å²) in [4.78, 5) is 21.3. The minimum atomic E-state index is -1.73. The second kappa shape index (κ2) is 4.60. The monoisotopic (exact) mass is 242 g/mol. The number of aliphatic carboxylic acids is 2. The number of hydrogen-bond donors (Lipinski definition) is 5. The van der Waals surface area contributed by atoms with E-state index in [4.69, 9.17) is 20.4 Å². The highest BCUT2D eigenvalue weighted by molar-refractivity contribution is 5.93. The Kier molecular flexibility index (Phi) is 3.42. The summed E-state index contributed by atoms with van der Waals surface area (Å²) in [5.41, 5.74) is -0.0740. The van der Waals surface area contributed by atoms with Crippen LogP contribution in [0.4, 0.5) is 0 Å². The summed E-state index contributed by atoms with van der Waals surface area (Å²) >= 11 is 0. The number of phenolic OH excluding ortho intramolecular Hbond substituents is 3. The molecule has 1 aromatic carbocycles. The third-order valence-corrected chi connectivity index (χ3v) is 2.20. The van der Waals surface area contributed by atoms with Crippen LogP contribution in [0.1, 0.15) is 5.56 Å². The fourth-order valence-corrected chi connectivity index (χ4v) is 1.27. The lowest BCUT2D eigenvalue weighted by Crippen LogP contribution is -2.25. The summed E-state index contributed by atoms with van der Waals surface area (Å²) in [7, 11) is 0. The Bertz CT molecular complexity index is 452. The van der Waals surface area contributed by atoms with Crippen LogP contribution in [-0.4, -0.2) is 37.5 Å². The van der Waals surface area contributed by atoms with E-state index in [0.29, 0.717) is 0 Å².